The molecule has 0 unspecified atom stereocenters. The normalized spacial score (nSPS) is 21.0. The average Bonchev–Trinajstić information content (AvgIpc) is 3.07. The molecular formula is C34H27BrO9. The van der Waals surface area contributed by atoms with Crippen LogP contribution in [0.25, 0.3) is 0 Å². The third kappa shape index (κ3) is 7.58. The van der Waals surface area contributed by atoms with Gasteiger partial charge in [0.15, 0.2) is 23.3 Å². The first-order valence-electron chi connectivity index (χ1n) is 13.7. The van der Waals surface area contributed by atoms with Crippen LogP contribution in [-0.2, 0) is 23.7 Å². The largest absolute Gasteiger partial charge is 0.459 e. The Labute approximate surface area is 261 Å². The second-order valence-corrected chi connectivity index (χ2v) is 10.6. The summed E-state index contributed by atoms with van der Waals surface area (Å²) in [6.07, 6.45) is -5.13. The summed E-state index contributed by atoms with van der Waals surface area (Å²) >= 11 is 3.40. The maximum atomic E-state index is 13.3. The first-order valence-corrected chi connectivity index (χ1v) is 14.6. The fraction of sp³-hybridized carbons (Fsp3) is 0.176. The summed E-state index contributed by atoms with van der Waals surface area (Å²) in [4.78, 5) is 52.6. The average molecular weight is 659 g/mol. The van der Waals surface area contributed by atoms with E-state index in [1.54, 1.807) is 121 Å². The highest BCUT2D eigenvalue weighted by molar-refractivity contribution is 9.09. The lowest BCUT2D eigenvalue weighted by Gasteiger charge is -2.43. The van der Waals surface area contributed by atoms with Crippen molar-refractivity contribution in [3.63, 3.8) is 0 Å². The van der Waals surface area contributed by atoms with Gasteiger partial charge in [0.25, 0.3) is 0 Å². The maximum absolute atomic E-state index is 13.3. The van der Waals surface area contributed by atoms with E-state index in [-0.39, 0.29) is 23.3 Å². The van der Waals surface area contributed by atoms with Crippen LogP contribution in [0.5, 0.6) is 0 Å². The van der Waals surface area contributed by atoms with Gasteiger partial charge in [-0.25, -0.2) is 19.2 Å². The zero-order valence-electron chi connectivity index (χ0n) is 23.2. The summed E-state index contributed by atoms with van der Waals surface area (Å²) in [6, 6.07) is 32.9. The summed E-state index contributed by atoms with van der Waals surface area (Å²) in [5.41, 5.74) is 0.994. The summed E-state index contributed by atoms with van der Waals surface area (Å²) < 4.78 is 29.3. The van der Waals surface area contributed by atoms with Crippen LogP contribution in [0, 0.1) is 0 Å². The van der Waals surface area contributed by atoms with Crippen molar-refractivity contribution in [2.75, 3.05) is 6.61 Å². The molecular weight excluding hydrogens is 632 g/mol. The number of esters is 4. The summed E-state index contributed by atoms with van der Waals surface area (Å²) in [5.74, 6) is -2.85. The summed E-state index contributed by atoms with van der Waals surface area (Å²) in [6.45, 7) is -0.374. The molecule has 5 rings (SSSR count). The fourth-order valence-electron chi connectivity index (χ4n) is 4.51. The minimum atomic E-state index is -1.37. The third-order valence-corrected chi connectivity index (χ3v) is 7.46. The van der Waals surface area contributed by atoms with Crippen molar-refractivity contribution < 1.29 is 42.9 Å². The SMILES string of the molecule is O=C(OC[C@H]1O[C@H](Br)[C@H](OC(=O)c2ccccc2)[C@H](OC(=O)c2ccccc2)[C@@H]1OC(=O)c1ccccc1)c1ccccc1. The van der Waals surface area contributed by atoms with Gasteiger partial charge in [0.1, 0.15) is 12.7 Å². The van der Waals surface area contributed by atoms with Gasteiger partial charge in [0.05, 0.1) is 22.3 Å². The van der Waals surface area contributed by atoms with Crippen molar-refractivity contribution in [2.45, 2.75) is 29.4 Å². The van der Waals surface area contributed by atoms with Crippen LogP contribution in [-0.4, -0.2) is 59.9 Å². The van der Waals surface area contributed by atoms with E-state index in [1.165, 1.54) is 0 Å². The van der Waals surface area contributed by atoms with Crippen molar-refractivity contribution in [1.29, 1.82) is 0 Å². The first-order chi connectivity index (χ1) is 21.4. The molecule has 44 heavy (non-hydrogen) atoms. The molecule has 0 aliphatic carbocycles. The Morgan fingerprint density at radius 3 is 1.25 bits per heavy atom. The molecule has 0 saturated carbocycles. The summed E-state index contributed by atoms with van der Waals surface area (Å²) in [7, 11) is 0. The molecule has 1 fully saturated rings. The van der Waals surface area contributed by atoms with Crippen molar-refractivity contribution in [3.8, 4) is 0 Å². The molecule has 0 amide bonds. The van der Waals surface area contributed by atoms with Crippen LogP contribution in [0.3, 0.4) is 0 Å². The Kier molecular flexibility index (Phi) is 10.2. The molecule has 4 aromatic rings. The molecule has 4 aromatic carbocycles. The Morgan fingerprint density at radius 2 is 0.841 bits per heavy atom. The fourth-order valence-corrected chi connectivity index (χ4v) is 5.20. The number of carbonyl (C=O) groups excluding carboxylic acids is 4. The number of ether oxygens (including phenoxy) is 5. The lowest BCUT2D eigenvalue weighted by molar-refractivity contribution is -0.205. The van der Waals surface area contributed by atoms with Gasteiger partial charge in [0, 0.05) is 0 Å². The van der Waals surface area contributed by atoms with E-state index in [4.69, 9.17) is 23.7 Å². The van der Waals surface area contributed by atoms with Crippen LogP contribution in [0.2, 0.25) is 0 Å². The first kappa shape index (κ1) is 30.7. The number of rotatable bonds is 9. The molecule has 10 heteroatoms. The predicted octanol–water partition coefficient (Wildman–Crippen LogP) is 5.64. The number of hydrogen-bond donors (Lipinski definition) is 0. The minimum Gasteiger partial charge on any atom is -0.459 e. The highest BCUT2D eigenvalue weighted by Crippen LogP contribution is 2.33. The smallest absolute Gasteiger partial charge is 0.338 e. The van der Waals surface area contributed by atoms with Crippen LogP contribution in [0.15, 0.2) is 121 Å². The molecule has 0 aromatic heterocycles. The van der Waals surface area contributed by atoms with Crippen LogP contribution in [0.4, 0.5) is 0 Å². The lowest BCUT2D eigenvalue weighted by atomic mass is 9.99. The lowest BCUT2D eigenvalue weighted by Crippen LogP contribution is -2.61. The van der Waals surface area contributed by atoms with Gasteiger partial charge in [-0.05, 0) is 48.5 Å². The van der Waals surface area contributed by atoms with E-state index < -0.39 is 53.3 Å². The number of hydrogen-bond acceptors (Lipinski definition) is 9. The molecule has 1 saturated heterocycles. The van der Waals surface area contributed by atoms with E-state index in [2.05, 4.69) is 15.9 Å². The van der Waals surface area contributed by atoms with Crippen molar-refractivity contribution in [1.82, 2.24) is 0 Å². The van der Waals surface area contributed by atoms with Gasteiger partial charge < -0.3 is 23.7 Å². The predicted molar refractivity (Wildman–Crippen MR) is 161 cm³/mol. The molecule has 0 N–H and O–H groups in total. The second kappa shape index (κ2) is 14.6. The quantitative estimate of drug-likeness (QED) is 0.128. The molecule has 1 aliphatic rings. The third-order valence-electron chi connectivity index (χ3n) is 6.72. The topological polar surface area (TPSA) is 114 Å². The number of alkyl halides is 1. The Balaban J connectivity index is 1.48. The van der Waals surface area contributed by atoms with Crippen molar-refractivity contribution in [2.24, 2.45) is 0 Å². The maximum Gasteiger partial charge on any atom is 0.338 e. The number of carbonyl (C=O) groups is 4. The zero-order valence-corrected chi connectivity index (χ0v) is 24.8. The Bertz CT molecular complexity index is 1570. The molecule has 0 bridgehead atoms. The van der Waals surface area contributed by atoms with E-state index in [0.717, 1.165) is 0 Å². The van der Waals surface area contributed by atoms with Gasteiger partial charge in [-0.2, -0.15) is 0 Å². The van der Waals surface area contributed by atoms with Crippen LogP contribution >= 0.6 is 15.9 Å². The van der Waals surface area contributed by atoms with Crippen molar-refractivity contribution in [3.05, 3.63) is 144 Å². The highest BCUT2D eigenvalue weighted by Gasteiger charge is 2.52. The van der Waals surface area contributed by atoms with E-state index in [0.29, 0.717) is 5.56 Å². The Hall–Kier alpha value is -4.80. The summed E-state index contributed by atoms with van der Waals surface area (Å²) in [5, 5.41) is -1.05. The number of benzene rings is 4. The molecule has 5 atom stereocenters. The van der Waals surface area contributed by atoms with E-state index in [9.17, 15) is 19.2 Å². The van der Waals surface area contributed by atoms with Gasteiger partial charge in [-0.3, -0.25) is 0 Å². The molecule has 1 heterocycles. The molecule has 224 valence electrons. The van der Waals surface area contributed by atoms with Gasteiger partial charge in [-0.1, -0.05) is 88.7 Å². The van der Waals surface area contributed by atoms with Gasteiger partial charge in [-0.15, -0.1) is 0 Å². The minimum absolute atomic E-state index is 0.221. The van der Waals surface area contributed by atoms with Crippen molar-refractivity contribution >= 4 is 39.8 Å². The second-order valence-electron chi connectivity index (χ2n) is 9.70. The van der Waals surface area contributed by atoms with Crippen LogP contribution in [0.1, 0.15) is 41.4 Å². The Morgan fingerprint density at radius 1 is 0.500 bits per heavy atom. The van der Waals surface area contributed by atoms with E-state index in [1.807, 2.05) is 0 Å². The molecule has 9 nitrogen and oxygen atoms in total. The standard InChI is InChI=1S/C34H27BrO9/c35-30-29(44-34(39)25-19-11-4-12-20-25)28(43-33(38)24-17-9-3-10-18-24)27(42-32(37)23-15-7-2-8-16-23)26(41-30)21-40-31(36)22-13-5-1-6-14-22/h1-20,26-30H,21H2/t26-,27-,28-,29-,30+/m1/s1. The number of halogens is 1. The monoisotopic (exact) mass is 658 g/mol. The van der Waals surface area contributed by atoms with Gasteiger partial charge >= 0.3 is 23.9 Å². The molecule has 0 spiro atoms. The van der Waals surface area contributed by atoms with E-state index >= 15 is 0 Å². The molecule has 0 radical (unpaired) electrons. The van der Waals surface area contributed by atoms with Gasteiger partial charge in [0.2, 0.25) is 0 Å². The highest BCUT2D eigenvalue weighted by atomic mass is 79.9. The zero-order chi connectivity index (χ0) is 30.9. The molecule has 1 aliphatic heterocycles. The van der Waals surface area contributed by atoms with Crippen LogP contribution < -0.4 is 0 Å².